The van der Waals surface area contributed by atoms with Crippen LogP contribution in [0.2, 0.25) is 0 Å². The van der Waals surface area contributed by atoms with Crippen LogP contribution in [0.5, 0.6) is 0 Å². The zero-order valence-corrected chi connectivity index (χ0v) is 22.4. The second-order valence-electron chi connectivity index (χ2n) is 10.2. The van der Waals surface area contributed by atoms with Crippen LogP contribution in [-0.4, -0.2) is 94.7 Å². The summed E-state index contributed by atoms with van der Waals surface area (Å²) in [4.78, 5) is 23.6. The second kappa shape index (κ2) is 13.2. The third kappa shape index (κ3) is 7.64. The van der Waals surface area contributed by atoms with Crippen molar-refractivity contribution in [1.29, 1.82) is 0 Å². The van der Waals surface area contributed by atoms with Gasteiger partial charge in [-0.3, -0.25) is 4.79 Å². The summed E-state index contributed by atoms with van der Waals surface area (Å²) in [7, 11) is 1.66. The van der Waals surface area contributed by atoms with Crippen molar-refractivity contribution >= 4 is 12.0 Å². The molecular formula is C26H44N2O8. The minimum atomic E-state index is -0.483. The van der Waals surface area contributed by atoms with Crippen molar-refractivity contribution in [2.75, 3.05) is 53.2 Å². The summed E-state index contributed by atoms with van der Waals surface area (Å²) in [6.07, 6.45) is 3.97. The van der Waals surface area contributed by atoms with E-state index in [0.717, 1.165) is 12.8 Å². The van der Waals surface area contributed by atoms with Gasteiger partial charge in [0, 0.05) is 26.6 Å². The molecular weight excluding hydrogens is 468 g/mol. The van der Waals surface area contributed by atoms with Gasteiger partial charge >= 0.3 is 6.09 Å². The topological polar surface area (TPSA) is 120 Å². The molecule has 3 aliphatic rings. The molecule has 2 N–H and O–H groups in total. The van der Waals surface area contributed by atoms with Crippen LogP contribution in [0.4, 0.5) is 4.79 Å². The van der Waals surface area contributed by atoms with Gasteiger partial charge in [0.1, 0.15) is 23.4 Å². The van der Waals surface area contributed by atoms with Crippen molar-refractivity contribution in [2.24, 2.45) is 5.92 Å². The maximum atomic E-state index is 12.5. The van der Waals surface area contributed by atoms with E-state index in [9.17, 15) is 9.59 Å². The first-order valence-corrected chi connectivity index (χ1v) is 13.1. The Morgan fingerprint density at radius 2 is 1.75 bits per heavy atom. The lowest BCUT2D eigenvalue weighted by Crippen LogP contribution is -2.56. The average molecular weight is 513 g/mol. The first-order chi connectivity index (χ1) is 17.3. The van der Waals surface area contributed by atoms with Crippen LogP contribution < -0.4 is 10.6 Å². The van der Waals surface area contributed by atoms with E-state index >= 15 is 0 Å². The Morgan fingerprint density at radius 3 is 2.33 bits per heavy atom. The Hall–Kier alpha value is -1.72. The molecule has 0 aromatic rings. The predicted octanol–water partition coefficient (Wildman–Crippen LogP) is 2.35. The molecule has 0 radical (unpaired) electrons. The van der Waals surface area contributed by atoms with E-state index in [1.807, 2.05) is 0 Å². The molecule has 10 heteroatoms. The zero-order chi connectivity index (χ0) is 26.2. The van der Waals surface area contributed by atoms with E-state index in [4.69, 9.17) is 28.4 Å². The van der Waals surface area contributed by atoms with Crippen LogP contribution in [0.3, 0.4) is 0 Å². The minimum Gasteiger partial charge on any atom is -0.443 e. The lowest BCUT2D eigenvalue weighted by atomic mass is 9.68. The first kappa shape index (κ1) is 28.8. The maximum absolute atomic E-state index is 12.5. The van der Waals surface area contributed by atoms with Crippen LogP contribution in [0, 0.1) is 5.92 Å². The summed E-state index contributed by atoms with van der Waals surface area (Å²) >= 11 is 0. The molecule has 6 atom stereocenters. The van der Waals surface area contributed by atoms with E-state index < -0.39 is 6.09 Å². The van der Waals surface area contributed by atoms with Crippen molar-refractivity contribution < 1.29 is 38.0 Å². The summed E-state index contributed by atoms with van der Waals surface area (Å²) in [5.41, 5.74) is 0.659. The van der Waals surface area contributed by atoms with Crippen molar-refractivity contribution in [2.45, 2.75) is 82.9 Å². The quantitative estimate of drug-likeness (QED) is 0.195. The molecule has 2 amide bonds. The first-order valence-electron chi connectivity index (χ1n) is 13.1. The molecule has 1 aliphatic carbocycles. The summed E-state index contributed by atoms with van der Waals surface area (Å²) in [6.45, 7) is 11.2. The number of amides is 2. The molecule has 2 saturated heterocycles. The van der Waals surface area contributed by atoms with Gasteiger partial charge in [-0.1, -0.05) is 18.6 Å². The Bertz CT molecular complexity index is 767. The molecule has 0 bridgehead atoms. The maximum Gasteiger partial charge on any atom is 0.407 e. The largest absolute Gasteiger partial charge is 0.443 e. The van der Waals surface area contributed by atoms with E-state index in [0.29, 0.717) is 59.0 Å². The number of ether oxygens (including phenoxy) is 6. The van der Waals surface area contributed by atoms with Crippen molar-refractivity contribution in [3.8, 4) is 0 Å². The smallest absolute Gasteiger partial charge is 0.407 e. The van der Waals surface area contributed by atoms with Gasteiger partial charge in [0.2, 0.25) is 5.91 Å². The van der Waals surface area contributed by atoms with E-state index in [1.54, 1.807) is 14.0 Å². The minimum absolute atomic E-state index is 0.00395. The number of carbonyl (C=O) groups is 2. The Labute approximate surface area is 214 Å². The van der Waals surface area contributed by atoms with Crippen molar-refractivity contribution in [1.82, 2.24) is 10.6 Å². The number of hydrogen-bond acceptors (Lipinski definition) is 8. The molecule has 1 saturated carbocycles. The highest BCUT2D eigenvalue weighted by Crippen LogP contribution is 2.59. The van der Waals surface area contributed by atoms with E-state index in [-0.39, 0.29) is 41.3 Å². The molecule has 3 rings (SSSR count). The average Bonchev–Trinajstić information content (AvgIpc) is 3.76. The SMILES string of the molecule is CCC(=O)NCCOCCOCCNC(=O)OC1CC[C@]2(CO2)C([C@@]2(C)O[C@@H]2CC=C(C)C)C1OC. The normalized spacial score (nSPS) is 32.6. The summed E-state index contributed by atoms with van der Waals surface area (Å²) in [5.74, 6) is 0.00299. The zero-order valence-electron chi connectivity index (χ0n) is 22.4. The van der Waals surface area contributed by atoms with E-state index in [2.05, 4.69) is 37.5 Å². The number of methoxy groups -OCH3 is 1. The third-order valence-electron chi connectivity index (χ3n) is 7.27. The summed E-state index contributed by atoms with van der Waals surface area (Å²) in [5, 5.41) is 5.49. The highest BCUT2D eigenvalue weighted by Gasteiger charge is 2.72. The van der Waals surface area contributed by atoms with E-state index in [1.165, 1.54) is 5.57 Å². The van der Waals surface area contributed by atoms with Gasteiger partial charge in [-0.05, 0) is 40.0 Å². The predicted molar refractivity (Wildman–Crippen MR) is 133 cm³/mol. The number of hydrogen-bond donors (Lipinski definition) is 2. The van der Waals surface area contributed by atoms with Crippen LogP contribution >= 0.6 is 0 Å². The highest BCUT2D eigenvalue weighted by atomic mass is 16.6. The number of carbonyl (C=O) groups excluding carboxylic acids is 2. The van der Waals surface area contributed by atoms with Crippen molar-refractivity contribution in [3.05, 3.63) is 11.6 Å². The lowest BCUT2D eigenvalue weighted by molar-refractivity contribution is -0.121. The van der Waals surface area contributed by atoms with Gasteiger partial charge in [0.15, 0.2) is 0 Å². The molecule has 2 heterocycles. The molecule has 0 aromatic carbocycles. The summed E-state index contributed by atoms with van der Waals surface area (Å²) in [6, 6.07) is 0. The molecule has 10 nitrogen and oxygen atoms in total. The fourth-order valence-corrected chi connectivity index (χ4v) is 5.18. The van der Waals surface area contributed by atoms with Gasteiger partial charge in [-0.2, -0.15) is 0 Å². The number of epoxide rings is 2. The Kier molecular flexibility index (Phi) is 10.6. The molecule has 3 fully saturated rings. The van der Waals surface area contributed by atoms with Gasteiger partial charge in [-0.15, -0.1) is 0 Å². The number of nitrogens with one attached hydrogen (secondary N) is 2. The van der Waals surface area contributed by atoms with Gasteiger partial charge in [0.25, 0.3) is 0 Å². The molecule has 36 heavy (non-hydrogen) atoms. The Balaban J connectivity index is 1.36. The monoisotopic (exact) mass is 512 g/mol. The summed E-state index contributed by atoms with van der Waals surface area (Å²) < 4.78 is 34.7. The van der Waals surface area contributed by atoms with Gasteiger partial charge < -0.3 is 39.1 Å². The molecule has 206 valence electrons. The fraction of sp³-hybridized carbons (Fsp3) is 0.846. The Morgan fingerprint density at radius 1 is 1.08 bits per heavy atom. The highest BCUT2D eigenvalue weighted by molar-refractivity contribution is 5.75. The molecule has 3 unspecified atom stereocenters. The fourth-order valence-electron chi connectivity index (χ4n) is 5.18. The standard InChI is InChI=1S/C26H44N2O8/c1-6-21(29)27-11-13-32-15-16-33-14-12-28-24(30)35-19-9-10-26(17-34-26)23(22(19)31-5)25(4)20(36-25)8-7-18(2)3/h7,19-20,22-23H,6,8-17H2,1-5H3,(H,27,29)(H,28,30)/t19?,20-,22?,23?,25+,26+/m1/s1. The molecule has 1 spiro atoms. The number of rotatable bonds is 15. The van der Waals surface area contributed by atoms with Crippen LogP contribution in [0.1, 0.15) is 53.4 Å². The van der Waals surface area contributed by atoms with Crippen LogP contribution in [0.15, 0.2) is 11.6 Å². The molecule has 0 aromatic heterocycles. The van der Waals surface area contributed by atoms with Crippen molar-refractivity contribution in [3.63, 3.8) is 0 Å². The number of allylic oxidation sites excluding steroid dienone is 1. The van der Waals surface area contributed by atoms with Gasteiger partial charge in [0.05, 0.1) is 45.1 Å². The van der Waals surface area contributed by atoms with Crippen LogP contribution in [-0.2, 0) is 33.2 Å². The third-order valence-corrected chi connectivity index (χ3v) is 7.27. The lowest BCUT2D eigenvalue weighted by Gasteiger charge is -2.42. The number of alkyl carbamates (subject to hydrolysis) is 1. The van der Waals surface area contributed by atoms with Gasteiger partial charge in [-0.25, -0.2) is 4.79 Å². The second-order valence-corrected chi connectivity index (χ2v) is 10.2. The molecule has 2 aliphatic heterocycles. The van der Waals surface area contributed by atoms with Crippen LogP contribution in [0.25, 0.3) is 0 Å².